The minimum Gasteiger partial charge on any atom is -0.497 e. The Morgan fingerprint density at radius 1 is 1.39 bits per heavy atom. The summed E-state index contributed by atoms with van der Waals surface area (Å²) in [5.41, 5.74) is 6.14. The van der Waals surface area contributed by atoms with Gasteiger partial charge >= 0.3 is 0 Å². The average Bonchev–Trinajstić information content (AvgIpc) is 2.27. The van der Waals surface area contributed by atoms with Gasteiger partial charge in [0.25, 0.3) is 0 Å². The Kier molecular flexibility index (Phi) is 7.16. The number of nitrogens with two attached hydrogens (primary N) is 1. The predicted molar refractivity (Wildman–Crippen MR) is 73.7 cm³/mol. The third kappa shape index (κ3) is 4.81. The van der Waals surface area contributed by atoms with Crippen molar-refractivity contribution in [2.45, 2.75) is 19.4 Å². The fourth-order valence-electron chi connectivity index (χ4n) is 1.41. The van der Waals surface area contributed by atoms with Gasteiger partial charge in [0, 0.05) is 18.5 Å². The molecule has 3 N–H and O–H groups in total. The lowest BCUT2D eigenvalue weighted by Gasteiger charge is -2.12. The van der Waals surface area contributed by atoms with Crippen molar-refractivity contribution >= 4 is 24.0 Å². The Labute approximate surface area is 113 Å². The summed E-state index contributed by atoms with van der Waals surface area (Å²) in [7, 11) is 3.11. The highest BCUT2D eigenvalue weighted by molar-refractivity contribution is 5.92. The van der Waals surface area contributed by atoms with Gasteiger partial charge in [0.05, 0.1) is 19.9 Å². The van der Waals surface area contributed by atoms with Crippen LogP contribution in [0.5, 0.6) is 11.5 Å². The normalized spacial score (nSPS) is 11.1. The molecule has 0 bridgehead atoms. The van der Waals surface area contributed by atoms with Crippen molar-refractivity contribution in [1.29, 1.82) is 0 Å². The van der Waals surface area contributed by atoms with Crippen LogP contribution in [-0.4, -0.2) is 26.2 Å². The highest BCUT2D eigenvalue weighted by Crippen LogP contribution is 2.28. The number of carbonyl (C=O) groups is 1. The van der Waals surface area contributed by atoms with E-state index in [2.05, 4.69) is 5.32 Å². The fraction of sp³-hybridized carbons (Fsp3) is 0.417. The molecule has 5 nitrogen and oxygen atoms in total. The molecule has 18 heavy (non-hydrogen) atoms. The van der Waals surface area contributed by atoms with Gasteiger partial charge in [0.2, 0.25) is 5.91 Å². The van der Waals surface area contributed by atoms with Gasteiger partial charge in [-0.1, -0.05) is 0 Å². The molecule has 0 aromatic heterocycles. The molecular weight excluding hydrogens is 256 g/mol. The van der Waals surface area contributed by atoms with E-state index in [0.717, 1.165) is 0 Å². The molecule has 0 heterocycles. The fourth-order valence-corrected chi connectivity index (χ4v) is 1.41. The summed E-state index contributed by atoms with van der Waals surface area (Å²) < 4.78 is 10.2. The molecule has 0 aliphatic carbocycles. The third-order valence-electron chi connectivity index (χ3n) is 2.19. The number of halogens is 1. The van der Waals surface area contributed by atoms with E-state index in [1.165, 1.54) is 0 Å². The van der Waals surface area contributed by atoms with E-state index in [9.17, 15) is 4.79 Å². The standard InChI is InChI=1S/C12H18N2O3.ClH/c1-8(13)6-12(15)14-10-7-9(16-2)4-5-11(10)17-3;/h4-5,7-8H,6,13H2,1-3H3,(H,14,15);1H. The highest BCUT2D eigenvalue weighted by atomic mass is 35.5. The van der Waals surface area contributed by atoms with Crippen LogP contribution in [0.15, 0.2) is 18.2 Å². The van der Waals surface area contributed by atoms with E-state index in [0.29, 0.717) is 17.2 Å². The number of amides is 1. The van der Waals surface area contributed by atoms with Gasteiger partial charge in [0.1, 0.15) is 11.5 Å². The Morgan fingerprint density at radius 2 is 2.06 bits per heavy atom. The van der Waals surface area contributed by atoms with E-state index in [1.807, 2.05) is 0 Å². The molecule has 1 amide bonds. The molecule has 102 valence electrons. The monoisotopic (exact) mass is 274 g/mol. The molecule has 0 fully saturated rings. The summed E-state index contributed by atoms with van der Waals surface area (Å²) in [6.45, 7) is 1.78. The van der Waals surface area contributed by atoms with E-state index in [-0.39, 0.29) is 30.8 Å². The largest absolute Gasteiger partial charge is 0.497 e. The number of ether oxygens (including phenoxy) is 2. The molecule has 0 radical (unpaired) electrons. The number of nitrogens with one attached hydrogen (secondary N) is 1. The van der Waals surface area contributed by atoms with Crippen molar-refractivity contribution in [3.63, 3.8) is 0 Å². The molecule has 0 spiro atoms. The summed E-state index contributed by atoms with van der Waals surface area (Å²) in [6.07, 6.45) is 0.264. The lowest BCUT2D eigenvalue weighted by Crippen LogP contribution is -2.24. The second-order valence-electron chi connectivity index (χ2n) is 3.80. The zero-order chi connectivity index (χ0) is 12.8. The van der Waals surface area contributed by atoms with E-state index < -0.39 is 0 Å². The first-order valence-corrected chi connectivity index (χ1v) is 5.34. The van der Waals surface area contributed by atoms with Crippen molar-refractivity contribution in [3.8, 4) is 11.5 Å². The molecule has 6 heteroatoms. The van der Waals surface area contributed by atoms with Gasteiger partial charge in [-0.15, -0.1) is 12.4 Å². The molecular formula is C12H19ClN2O3. The van der Waals surface area contributed by atoms with Gasteiger partial charge < -0.3 is 20.5 Å². The Hall–Kier alpha value is -1.46. The Morgan fingerprint density at radius 3 is 2.56 bits per heavy atom. The molecule has 1 rings (SSSR count). The summed E-state index contributed by atoms with van der Waals surface area (Å²) >= 11 is 0. The molecule has 1 aromatic rings. The van der Waals surface area contributed by atoms with Crippen LogP contribution in [0.4, 0.5) is 5.69 Å². The average molecular weight is 275 g/mol. The molecule has 0 saturated carbocycles. The number of rotatable bonds is 5. The SMILES string of the molecule is COc1ccc(OC)c(NC(=O)CC(C)N)c1.Cl. The summed E-state index contributed by atoms with van der Waals surface area (Å²) in [5, 5.41) is 2.74. The Balaban J connectivity index is 0.00000289. The smallest absolute Gasteiger partial charge is 0.226 e. The number of hydrogen-bond donors (Lipinski definition) is 2. The number of anilines is 1. The lowest BCUT2D eigenvalue weighted by atomic mass is 10.2. The maximum Gasteiger partial charge on any atom is 0.226 e. The second-order valence-corrected chi connectivity index (χ2v) is 3.80. The van der Waals surface area contributed by atoms with Gasteiger partial charge in [-0.2, -0.15) is 0 Å². The molecule has 1 aromatic carbocycles. The summed E-state index contributed by atoms with van der Waals surface area (Å²) in [5.74, 6) is 1.09. The van der Waals surface area contributed by atoms with Crippen LogP contribution in [0, 0.1) is 0 Å². The van der Waals surface area contributed by atoms with Crippen molar-refractivity contribution in [2.75, 3.05) is 19.5 Å². The number of benzene rings is 1. The summed E-state index contributed by atoms with van der Waals surface area (Å²) in [6, 6.07) is 5.03. The second kappa shape index (κ2) is 7.79. The van der Waals surface area contributed by atoms with Crippen molar-refractivity contribution in [2.24, 2.45) is 5.73 Å². The molecule has 1 unspecified atom stereocenters. The highest BCUT2D eigenvalue weighted by Gasteiger charge is 2.10. The first kappa shape index (κ1) is 16.5. The quantitative estimate of drug-likeness (QED) is 0.859. The van der Waals surface area contributed by atoms with Crippen molar-refractivity contribution in [3.05, 3.63) is 18.2 Å². The van der Waals surface area contributed by atoms with Crippen LogP contribution in [-0.2, 0) is 4.79 Å². The van der Waals surface area contributed by atoms with E-state index in [1.54, 1.807) is 39.3 Å². The molecule has 1 atom stereocenters. The van der Waals surface area contributed by atoms with Crippen molar-refractivity contribution < 1.29 is 14.3 Å². The van der Waals surface area contributed by atoms with Crippen LogP contribution in [0.2, 0.25) is 0 Å². The van der Waals surface area contributed by atoms with Gasteiger partial charge in [-0.05, 0) is 19.1 Å². The molecule has 0 aliphatic heterocycles. The first-order chi connectivity index (χ1) is 8.06. The minimum absolute atomic E-state index is 0. The summed E-state index contributed by atoms with van der Waals surface area (Å²) in [4.78, 5) is 11.6. The van der Waals surface area contributed by atoms with Crippen molar-refractivity contribution in [1.82, 2.24) is 0 Å². The zero-order valence-corrected chi connectivity index (χ0v) is 11.5. The maximum absolute atomic E-state index is 11.6. The number of methoxy groups -OCH3 is 2. The minimum atomic E-state index is -0.174. The lowest BCUT2D eigenvalue weighted by molar-refractivity contribution is -0.116. The van der Waals surface area contributed by atoms with Gasteiger partial charge in [-0.25, -0.2) is 0 Å². The topological polar surface area (TPSA) is 73.6 Å². The zero-order valence-electron chi connectivity index (χ0n) is 10.7. The van der Waals surface area contributed by atoms with Crippen LogP contribution >= 0.6 is 12.4 Å². The van der Waals surface area contributed by atoms with Gasteiger partial charge in [0.15, 0.2) is 0 Å². The van der Waals surface area contributed by atoms with E-state index in [4.69, 9.17) is 15.2 Å². The van der Waals surface area contributed by atoms with Gasteiger partial charge in [-0.3, -0.25) is 4.79 Å². The number of carbonyl (C=O) groups excluding carboxylic acids is 1. The number of hydrogen-bond acceptors (Lipinski definition) is 4. The van der Waals surface area contributed by atoms with Crippen LogP contribution < -0.4 is 20.5 Å². The van der Waals surface area contributed by atoms with E-state index >= 15 is 0 Å². The molecule has 0 aliphatic rings. The molecule has 0 saturated heterocycles. The third-order valence-corrected chi connectivity index (χ3v) is 2.19. The van der Waals surface area contributed by atoms with Crippen LogP contribution in [0.25, 0.3) is 0 Å². The maximum atomic E-state index is 11.6. The predicted octanol–water partition coefficient (Wildman–Crippen LogP) is 1.80. The first-order valence-electron chi connectivity index (χ1n) is 5.34. The van der Waals surface area contributed by atoms with Crippen LogP contribution in [0.1, 0.15) is 13.3 Å². The van der Waals surface area contributed by atoms with Crippen LogP contribution in [0.3, 0.4) is 0 Å². The Bertz CT molecular complexity index is 397.